The van der Waals surface area contributed by atoms with Crippen LogP contribution in [0.2, 0.25) is 0 Å². The number of carbonyl (C=O) groups is 1. The molecule has 2 fully saturated rings. The molecule has 1 saturated carbocycles. The molecule has 216 valence electrons. The standard InChI is InChI=1S/C29H44N4O6/c1-22-18-32(19-23(2)39-22)25-10-12-26(13-11-25)33-20-27(28(31-33)37-15-7-14-36-17-16-35-3)30-29(34)38-21-24-8-5-4-6-9-24/h4-6,8-9,20,22-23,25-26H,7,10-19,21H2,1-3H3,(H,30,34)/t22-,23+,25?,26?. The van der Waals surface area contributed by atoms with E-state index in [1.807, 2.05) is 41.2 Å². The van der Waals surface area contributed by atoms with Gasteiger partial charge in [-0.2, -0.15) is 0 Å². The summed E-state index contributed by atoms with van der Waals surface area (Å²) in [4.78, 5) is 15.2. The van der Waals surface area contributed by atoms with Crippen LogP contribution in [0.15, 0.2) is 36.5 Å². The Balaban J connectivity index is 1.33. The maximum Gasteiger partial charge on any atom is 0.412 e. The van der Waals surface area contributed by atoms with E-state index in [2.05, 4.69) is 24.1 Å². The van der Waals surface area contributed by atoms with Crippen molar-refractivity contribution in [3.63, 3.8) is 0 Å². The fourth-order valence-electron chi connectivity index (χ4n) is 5.40. The van der Waals surface area contributed by atoms with E-state index in [-0.39, 0.29) is 24.9 Å². The van der Waals surface area contributed by atoms with E-state index < -0.39 is 6.09 Å². The number of ether oxygens (including phenoxy) is 5. The van der Waals surface area contributed by atoms with Gasteiger partial charge in [-0.25, -0.2) is 4.79 Å². The third-order valence-electron chi connectivity index (χ3n) is 7.26. The van der Waals surface area contributed by atoms with E-state index in [4.69, 9.17) is 28.8 Å². The summed E-state index contributed by atoms with van der Waals surface area (Å²) in [6.45, 7) is 8.61. The van der Waals surface area contributed by atoms with Gasteiger partial charge < -0.3 is 23.7 Å². The summed E-state index contributed by atoms with van der Waals surface area (Å²) < 4.78 is 29.8. The molecule has 2 aromatic rings. The molecule has 10 nitrogen and oxygen atoms in total. The van der Waals surface area contributed by atoms with Gasteiger partial charge in [0.2, 0.25) is 0 Å². The van der Waals surface area contributed by atoms with Crippen LogP contribution in [0.1, 0.15) is 57.6 Å². The lowest BCUT2D eigenvalue weighted by molar-refractivity contribution is -0.0852. The molecule has 1 saturated heterocycles. The maximum atomic E-state index is 12.6. The van der Waals surface area contributed by atoms with E-state index in [1.54, 1.807) is 7.11 Å². The first-order valence-corrected chi connectivity index (χ1v) is 14.2. The summed E-state index contributed by atoms with van der Waals surface area (Å²) in [7, 11) is 1.65. The average molecular weight is 545 g/mol. The van der Waals surface area contributed by atoms with Gasteiger partial charge in [-0.15, -0.1) is 5.10 Å². The number of morpholine rings is 1. The number of benzene rings is 1. The second-order valence-corrected chi connectivity index (χ2v) is 10.5. The Kier molecular flexibility index (Phi) is 11.4. The van der Waals surface area contributed by atoms with E-state index in [0.717, 1.165) is 44.3 Å². The van der Waals surface area contributed by atoms with Crippen molar-refractivity contribution in [2.24, 2.45) is 0 Å². The van der Waals surface area contributed by atoms with Gasteiger partial charge >= 0.3 is 6.09 Å². The number of nitrogens with zero attached hydrogens (tertiary/aromatic N) is 3. The number of amides is 1. The van der Waals surface area contributed by atoms with E-state index in [0.29, 0.717) is 50.5 Å². The van der Waals surface area contributed by atoms with Crippen LogP contribution >= 0.6 is 0 Å². The van der Waals surface area contributed by atoms with Crippen LogP contribution in [0.25, 0.3) is 0 Å². The molecule has 0 bridgehead atoms. The summed E-state index contributed by atoms with van der Waals surface area (Å²) in [6, 6.07) is 10.4. The molecule has 2 aliphatic rings. The summed E-state index contributed by atoms with van der Waals surface area (Å²) in [5.41, 5.74) is 1.44. The lowest BCUT2D eigenvalue weighted by atomic mass is 9.89. The van der Waals surface area contributed by atoms with Gasteiger partial charge in [0.05, 0.1) is 44.3 Å². The third-order valence-corrected chi connectivity index (χ3v) is 7.26. The van der Waals surface area contributed by atoms with Crippen LogP contribution in [0.3, 0.4) is 0 Å². The molecule has 1 aromatic carbocycles. The third kappa shape index (κ3) is 9.20. The molecule has 0 radical (unpaired) electrons. The number of methoxy groups -OCH3 is 1. The fraction of sp³-hybridized carbons (Fsp3) is 0.655. The smallest absolute Gasteiger partial charge is 0.412 e. The number of anilines is 1. The van der Waals surface area contributed by atoms with E-state index in [1.165, 1.54) is 0 Å². The van der Waals surface area contributed by atoms with Crippen molar-refractivity contribution in [2.45, 2.75) is 76.9 Å². The predicted molar refractivity (Wildman–Crippen MR) is 148 cm³/mol. The van der Waals surface area contributed by atoms with Crippen molar-refractivity contribution < 1.29 is 28.5 Å². The van der Waals surface area contributed by atoms with Crippen molar-refractivity contribution in [2.75, 3.05) is 51.9 Å². The minimum atomic E-state index is -0.537. The highest BCUT2D eigenvalue weighted by molar-refractivity contribution is 5.86. The topological polar surface area (TPSA) is 96.3 Å². The molecule has 1 aromatic heterocycles. The molecule has 39 heavy (non-hydrogen) atoms. The van der Waals surface area contributed by atoms with Crippen LogP contribution in [0, 0.1) is 0 Å². The highest BCUT2D eigenvalue weighted by atomic mass is 16.5. The zero-order valence-corrected chi connectivity index (χ0v) is 23.5. The number of aromatic nitrogens is 2. The largest absolute Gasteiger partial charge is 0.475 e. The van der Waals surface area contributed by atoms with Gasteiger partial charge in [-0.05, 0) is 45.1 Å². The van der Waals surface area contributed by atoms with Crippen molar-refractivity contribution in [1.29, 1.82) is 0 Å². The first kappa shape index (κ1) is 29.3. The van der Waals surface area contributed by atoms with Crippen LogP contribution in [0.4, 0.5) is 10.5 Å². The molecule has 2 atom stereocenters. The van der Waals surface area contributed by atoms with Crippen LogP contribution in [-0.4, -0.2) is 85.7 Å². The molecule has 1 amide bonds. The molecule has 1 aliphatic carbocycles. The van der Waals surface area contributed by atoms with Crippen LogP contribution in [0.5, 0.6) is 5.88 Å². The highest BCUT2D eigenvalue weighted by Gasteiger charge is 2.32. The summed E-state index contributed by atoms with van der Waals surface area (Å²) in [5, 5.41) is 7.58. The Morgan fingerprint density at radius 1 is 1.00 bits per heavy atom. The number of rotatable bonds is 13. The minimum Gasteiger partial charge on any atom is -0.475 e. The molecule has 2 heterocycles. The lowest BCUT2D eigenvalue weighted by Crippen LogP contribution is -2.51. The monoisotopic (exact) mass is 544 g/mol. The van der Waals surface area contributed by atoms with Crippen molar-refractivity contribution in [1.82, 2.24) is 14.7 Å². The van der Waals surface area contributed by atoms with E-state index in [9.17, 15) is 4.79 Å². The highest BCUT2D eigenvalue weighted by Crippen LogP contribution is 2.34. The first-order chi connectivity index (χ1) is 19.0. The fourth-order valence-corrected chi connectivity index (χ4v) is 5.40. The van der Waals surface area contributed by atoms with Gasteiger partial charge in [-0.3, -0.25) is 14.9 Å². The molecule has 1 N–H and O–H groups in total. The summed E-state index contributed by atoms with van der Waals surface area (Å²) in [6.07, 6.45) is 6.87. The van der Waals surface area contributed by atoms with Gasteiger partial charge in [0.25, 0.3) is 5.88 Å². The van der Waals surface area contributed by atoms with Gasteiger partial charge in [0.1, 0.15) is 12.3 Å². The number of nitrogens with one attached hydrogen (secondary N) is 1. The first-order valence-electron chi connectivity index (χ1n) is 14.2. The predicted octanol–water partition coefficient (Wildman–Crippen LogP) is 4.66. The van der Waals surface area contributed by atoms with Crippen LogP contribution < -0.4 is 10.1 Å². The number of hydrogen-bond acceptors (Lipinski definition) is 8. The number of hydrogen-bond donors (Lipinski definition) is 1. The zero-order chi connectivity index (χ0) is 27.5. The zero-order valence-electron chi connectivity index (χ0n) is 23.5. The Morgan fingerprint density at radius 3 is 2.44 bits per heavy atom. The molecule has 1 aliphatic heterocycles. The SMILES string of the molecule is COCCOCCCOc1nn(C2CCC(N3C[C@@H](C)O[C@@H](C)C3)CC2)cc1NC(=O)OCc1ccccc1. The minimum absolute atomic E-state index is 0.193. The molecule has 10 heteroatoms. The van der Waals surface area contributed by atoms with Crippen molar-refractivity contribution >= 4 is 11.8 Å². The molecular weight excluding hydrogens is 500 g/mol. The van der Waals surface area contributed by atoms with E-state index >= 15 is 0 Å². The Hall–Kier alpha value is -2.66. The molecular formula is C29H44N4O6. The molecule has 4 rings (SSSR count). The van der Waals surface area contributed by atoms with Gasteiger partial charge in [0.15, 0.2) is 0 Å². The van der Waals surface area contributed by atoms with Gasteiger partial charge in [-0.1, -0.05) is 30.3 Å². The van der Waals surface area contributed by atoms with Gasteiger partial charge in [0, 0.05) is 39.3 Å². The second-order valence-electron chi connectivity index (χ2n) is 10.5. The second kappa shape index (κ2) is 15.2. The summed E-state index contributed by atoms with van der Waals surface area (Å²) in [5.74, 6) is 0.404. The number of carbonyl (C=O) groups excluding carboxylic acids is 1. The molecule has 0 unspecified atom stereocenters. The van der Waals surface area contributed by atoms with Crippen molar-refractivity contribution in [3.8, 4) is 5.88 Å². The maximum absolute atomic E-state index is 12.6. The Labute approximate surface area is 231 Å². The lowest BCUT2D eigenvalue weighted by Gasteiger charge is -2.42. The van der Waals surface area contributed by atoms with Crippen LogP contribution in [-0.2, 0) is 25.6 Å². The Morgan fingerprint density at radius 2 is 1.72 bits per heavy atom. The Bertz CT molecular complexity index is 985. The summed E-state index contributed by atoms with van der Waals surface area (Å²) >= 11 is 0. The molecule has 0 spiro atoms. The quantitative estimate of drug-likeness (QED) is 0.364. The van der Waals surface area contributed by atoms with Crippen molar-refractivity contribution in [3.05, 3.63) is 42.1 Å². The average Bonchev–Trinajstić information content (AvgIpc) is 3.33. The normalized spacial score (nSPS) is 23.9.